The lowest BCUT2D eigenvalue weighted by Crippen LogP contribution is -2.35. The molecule has 42 heavy (non-hydrogen) atoms. The first kappa shape index (κ1) is 27.3. The summed E-state index contributed by atoms with van der Waals surface area (Å²) in [6.45, 7) is 3.84. The fourth-order valence-corrected chi connectivity index (χ4v) is 6.24. The molecular formula is C31H29Cl2N5O4. The maximum Gasteiger partial charge on any atom is 0.354 e. The monoisotopic (exact) mass is 605 g/mol. The van der Waals surface area contributed by atoms with E-state index in [0.29, 0.717) is 40.2 Å². The van der Waals surface area contributed by atoms with Gasteiger partial charge in [0.1, 0.15) is 17.1 Å². The predicted molar refractivity (Wildman–Crippen MR) is 159 cm³/mol. The molecule has 7 rings (SSSR count). The zero-order valence-electron chi connectivity index (χ0n) is 22.7. The normalized spacial score (nSPS) is 20.7. The molecule has 3 aliphatic rings. The zero-order valence-corrected chi connectivity index (χ0v) is 24.3. The molecule has 2 saturated heterocycles. The zero-order chi connectivity index (χ0) is 28.8. The molecule has 0 saturated carbocycles. The van der Waals surface area contributed by atoms with Crippen molar-refractivity contribution in [2.24, 2.45) is 0 Å². The van der Waals surface area contributed by atoms with E-state index < -0.39 is 5.97 Å². The lowest BCUT2D eigenvalue weighted by Gasteiger charge is -2.34. The molecular weight excluding hydrogens is 577 g/mol. The van der Waals surface area contributed by atoms with Crippen molar-refractivity contribution in [2.75, 3.05) is 19.7 Å². The minimum atomic E-state index is -1.05. The van der Waals surface area contributed by atoms with Crippen molar-refractivity contribution < 1.29 is 19.4 Å². The summed E-state index contributed by atoms with van der Waals surface area (Å²) in [7, 11) is 0. The van der Waals surface area contributed by atoms with Gasteiger partial charge in [-0.15, -0.1) is 0 Å². The van der Waals surface area contributed by atoms with Crippen LogP contribution in [0.25, 0.3) is 17.2 Å². The number of halogens is 2. The van der Waals surface area contributed by atoms with Crippen LogP contribution in [0, 0.1) is 0 Å². The van der Waals surface area contributed by atoms with Crippen molar-refractivity contribution in [1.29, 1.82) is 0 Å². The predicted octanol–water partition coefficient (Wildman–Crippen LogP) is 6.15. The molecule has 6 heterocycles. The Bertz CT molecular complexity index is 1690. The second-order valence-corrected chi connectivity index (χ2v) is 11.8. The van der Waals surface area contributed by atoms with E-state index in [1.165, 1.54) is 11.6 Å². The van der Waals surface area contributed by atoms with Crippen LogP contribution in [0.4, 0.5) is 0 Å². The van der Waals surface area contributed by atoms with Gasteiger partial charge >= 0.3 is 5.97 Å². The van der Waals surface area contributed by atoms with Gasteiger partial charge in [0.25, 0.3) is 0 Å². The number of carboxylic acids is 1. The van der Waals surface area contributed by atoms with Crippen LogP contribution in [0.5, 0.6) is 5.75 Å². The summed E-state index contributed by atoms with van der Waals surface area (Å²) in [5, 5.41) is 10.4. The SMILES string of the molecule is O=C(O)c1ccc2nc(CN3CCC(c4cccc5c4O[C@@H](c4cc(Cl)c(Cl)cn4)C=C5)CC3)n(C[C@@H]3CCO3)c2n1. The summed E-state index contributed by atoms with van der Waals surface area (Å²) in [6, 6.07) is 11.3. The number of imidazole rings is 1. The number of likely N-dealkylation sites (tertiary alicyclic amines) is 1. The van der Waals surface area contributed by atoms with Gasteiger partial charge in [-0.05, 0) is 68.1 Å². The molecule has 0 spiro atoms. The second kappa shape index (κ2) is 11.3. The van der Waals surface area contributed by atoms with Crippen LogP contribution in [-0.4, -0.2) is 61.3 Å². The first-order valence-electron chi connectivity index (χ1n) is 14.1. The molecule has 11 heteroatoms. The molecule has 0 unspecified atom stereocenters. The number of ether oxygens (including phenoxy) is 2. The Hall–Kier alpha value is -3.50. The van der Waals surface area contributed by atoms with E-state index in [4.69, 9.17) is 37.7 Å². The molecule has 9 nitrogen and oxygen atoms in total. The molecule has 3 aliphatic heterocycles. The molecule has 2 fully saturated rings. The fraction of sp³-hybridized carbons (Fsp3) is 0.355. The minimum Gasteiger partial charge on any atom is -0.479 e. The lowest BCUT2D eigenvalue weighted by atomic mass is 9.87. The van der Waals surface area contributed by atoms with Crippen molar-refractivity contribution in [2.45, 2.75) is 50.5 Å². The third kappa shape index (κ3) is 5.26. The number of aromatic nitrogens is 4. The Morgan fingerprint density at radius 2 is 1.90 bits per heavy atom. The van der Waals surface area contributed by atoms with E-state index in [1.54, 1.807) is 18.3 Å². The van der Waals surface area contributed by atoms with E-state index >= 15 is 0 Å². The van der Waals surface area contributed by atoms with Crippen LogP contribution in [0.3, 0.4) is 0 Å². The van der Waals surface area contributed by atoms with Gasteiger partial charge in [0, 0.05) is 18.4 Å². The number of fused-ring (bicyclic) bond motifs is 2. The van der Waals surface area contributed by atoms with E-state index in [0.717, 1.165) is 61.8 Å². The van der Waals surface area contributed by atoms with Crippen molar-refractivity contribution in [3.8, 4) is 5.75 Å². The Morgan fingerprint density at radius 3 is 2.64 bits per heavy atom. The van der Waals surface area contributed by atoms with Crippen LogP contribution in [0.1, 0.15) is 64.4 Å². The summed E-state index contributed by atoms with van der Waals surface area (Å²) < 4.78 is 14.2. The molecule has 1 aromatic carbocycles. The average Bonchev–Trinajstić information content (AvgIpc) is 3.32. The second-order valence-electron chi connectivity index (χ2n) is 11.0. The summed E-state index contributed by atoms with van der Waals surface area (Å²) in [5.41, 5.74) is 4.31. The largest absolute Gasteiger partial charge is 0.479 e. The van der Waals surface area contributed by atoms with Gasteiger partial charge in [0.05, 0.1) is 34.9 Å². The smallest absolute Gasteiger partial charge is 0.354 e. The van der Waals surface area contributed by atoms with Gasteiger partial charge in [0.15, 0.2) is 17.4 Å². The van der Waals surface area contributed by atoms with Gasteiger partial charge in [-0.1, -0.05) is 47.5 Å². The maximum absolute atomic E-state index is 11.6. The van der Waals surface area contributed by atoms with Gasteiger partial charge in [-0.3, -0.25) is 9.88 Å². The highest BCUT2D eigenvalue weighted by atomic mass is 35.5. The molecule has 0 amide bonds. The Kier molecular flexibility index (Phi) is 7.35. The minimum absolute atomic E-state index is 0.0194. The highest BCUT2D eigenvalue weighted by molar-refractivity contribution is 6.41. The summed E-state index contributed by atoms with van der Waals surface area (Å²) in [5.74, 6) is 1.10. The summed E-state index contributed by atoms with van der Waals surface area (Å²) >= 11 is 12.3. The number of hydrogen-bond acceptors (Lipinski definition) is 7. The number of carboxylic acid groups (broad SMARTS) is 1. The van der Waals surface area contributed by atoms with Crippen molar-refractivity contribution in [1.82, 2.24) is 24.4 Å². The first-order chi connectivity index (χ1) is 20.4. The molecule has 2 atom stereocenters. The van der Waals surface area contributed by atoms with E-state index in [2.05, 4.69) is 39.1 Å². The van der Waals surface area contributed by atoms with Gasteiger partial charge in [0.2, 0.25) is 0 Å². The van der Waals surface area contributed by atoms with E-state index in [-0.39, 0.29) is 17.9 Å². The summed E-state index contributed by atoms with van der Waals surface area (Å²) in [6.07, 6.45) is 8.34. The third-order valence-corrected chi connectivity index (χ3v) is 9.07. The Balaban J connectivity index is 1.08. The van der Waals surface area contributed by atoms with Crippen LogP contribution >= 0.6 is 23.2 Å². The van der Waals surface area contributed by atoms with Crippen molar-refractivity contribution in [3.05, 3.63) is 87.1 Å². The number of aromatic carboxylic acids is 1. The van der Waals surface area contributed by atoms with Gasteiger partial charge in [-0.25, -0.2) is 14.8 Å². The van der Waals surface area contributed by atoms with Crippen LogP contribution < -0.4 is 4.74 Å². The number of benzene rings is 1. The quantitative estimate of drug-likeness (QED) is 0.268. The number of nitrogens with zero attached hydrogens (tertiary/aromatic N) is 5. The molecule has 0 aliphatic carbocycles. The molecule has 0 radical (unpaired) electrons. The Morgan fingerprint density at radius 1 is 1.07 bits per heavy atom. The summed E-state index contributed by atoms with van der Waals surface area (Å²) in [4.78, 5) is 27.7. The number of pyridine rings is 2. The van der Waals surface area contributed by atoms with E-state index in [9.17, 15) is 9.90 Å². The van der Waals surface area contributed by atoms with Crippen LogP contribution in [0.2, 0.25) is 10.0 Å². The number of piperidine rings is 1. The third-order valence-electron chi connectivity index (χ3n) is 8.35. The maximum atomic E-state index is 11.6. The van der Waals surface area contributed by atoms with Crippen LogP contribution in [0.15, 0.2) is 48.7 Å². The first-order valence-corrected chi connectivity index (χ1v) is 14.9. The van der Waals surface area contributed by atoms with Crippen molar-refractivity contribution >= 4 is 46.4 Å². The highest BCUT2D eigenvalue weighted by Crippen LogP contribution is 2.42. The molecule has 1 N–H and O–H groups in total. The highest BCUT2D eigenvalue weighted by Gasteiger charge is 2.29. The van der Waals surface area contributed by atoms with Crippen molar-refractivity contribution in [3.63, 3.8) is 0 Å². The van der Waals surface area contributed by atoms with Gasteiger partial charge in [-0.2, -0.15) is 0 Å². The number of carbonyl (C=O) groups is 1. The topological polar surface area (TPSA) is 103 Å². The van der Waals surface area contributed by atoms with Gasteiger partial charge < -0.3 is 19.1 Å². The van der Waals surface area contributed by atoms with Crippen LogP contribution in [-0.2, 0) is 17.8 Å². The molecule has 4 aromatic rings. The van der Waals surface area contributed by atoms with E-state index in [1.807, 2.05) is 10.6 Å². The standard InChI is InChI=1S/C31H29Cl2N5O4/c32-22-14-26(34-15-23(22)33)27-7-4-19-2-1-3-21(29(19)42-27)18-8-11-37(12-9-18)17-28-35-24-5-6-25(31(39)40)36-30(24)38(28)16-20-10-13-41-20/h1-7,14-15,18,20,27H,8-13,16-17H2,(H,39,40)/t20-,27+/m0/s1. The molecule has 216 valence electrons. The lowest BCUT2D eigenvalue weighted by molar-refractivity contribution is -0.0593. The fourth-order valence-electron chi connectivity index (χ4n) is 5.98. The Labute approximate surface area is 252 Å². The number of hydrogen-bond donors (Lipinski definition) is 1. The number of rotatable bonds is 7. The average molecular weight is 607 g/mol. The molecule has 0 bridgehead atoms. The molecule has 3 aromatic heterocycles. The number of para-hydroxylation sites is 1.